The SMILES string of the molecule is CC(C)(C)OC(=O)N[C@@]1(C)CCN(c2c(C(=O)O)cnc(Cl)c2-c2cc(F)cc(F)c2)C1. The molecule has 1 atom stereocenters. The molecule has 0 saturated carbocycles. The zero-order valence-electron chi connectivity index (χ0n) is 18.1. The van der Waals surface area contributed by atoms with E-state index >= 15 is 0 Å². The molecule has 1 amide bonds. The second-order valence-electron chi connectivity index (χ2n) is 9.01. The highest BCUT2D eigenvalue weighted by Gasteiger charge is 2.39. The van der Waals surface area contributed by atoms with Gasteiger partial charge >= 0.3 is 12.1 Å². The van der Waals surface area contributed by atoms with Crippen LogP contribution in [0.4, 0.5) is 19.3 Å². The van der Waals surface area contributed by atoms with E-state index in [-0.39, 0.29) is 34.1 Å². The van der Waals surface area contributed by atoms with Gasteiger partial charge in [-0.15, -0.1) is 0 Å². The molecule has 0 unspecified atom stereocenters. The Bertz CT molecular complexity index is 1050. The topological polar surface area (TPSA) is 91.8 Å². The predicted molar refractivity (Wildman–Crippen MR) is 116 cm³/mol. The maximum atomic E-state index is 13.9. The molecule has 1 aromatic carbocycles. The van der Waals surface area contributed by atoms with E-state index in [4.69, 9.17) is 16.3 Å². The molecule has 1 saturated heterocycles. The molecule has 7 nitrogen and oxygen atoms in total. The molecule has 2 heterocycles. The number of nitrogens with one attached hydrogen (secondary N) is 1. The number of amides is 1. The highest BCUT2D eigenvalue weighted by molar-refractivity contribution is 6.33. The number of halogens is 3. The van der Waals surface area contributed by atoms with Gasteiger partial charge in [-0.3, -0.25) is 0 Å². The van der Waals surface area contributed by atoms with E-state index < -0.39 is 34.8 Å². The van der Waals surface area contributed by atoms with Gasteiger partial charge in [0, 0.05) is 30.9 Å². The van der Waals surface area contributed by atoms with Gasteiger partial charge in [-0.1, -0.05) is 11.6 Å². The van der Waals surface area contributed by atoms with Crippen molar-refractivity contribution in [2.75, 3.05) is 18.0 Å². The summed E-state index contributed by atoms with van der Waals surface area (Å²) >= 11 is 6.29. The first-order valence-corrected chi connectivity index (χ1v) is 10.3. The summed E-state index contributed by atoms with van der Waals surface area (Å²) in [5.41, 5.74) is -1.24. The molecule has 32 heavy (non-hydrogen) atoms. The van der Waals surface area contributed by atoms with Crippen molar-refractivity contribution in [3.8, 4) is 11.1 Å². The summed E-state index contributed by atoms with van der Waals surface area (Å²) in [6, 6.07) is 2.84. The molecule has 1 aliphatic heterocycles. The smallest absolute Gasteiger partial charge is 0.408 e. The number of carbonyl (C=O) groups is 2. The Hall–Kier alpha value is -2.94. The first kappa shape index (κ1) is 23.7. The number of hydrogen-bond donors (Lipinski definition) is 2. The number of pyridine rings is 1. The summed E-state index contributed by atoms with van der Waals surface area (Å²) in [6.45, 7) is 7.63. The van der Waals surface area contributed by atoms with Crippen LogP contribution in [0.25, 0.3) is 11.1 Å². The molecule has 1 aliphatic rings. The minimum atomic E-state index is -1.27. The van der Waals surface area contributed by atoms with E-state index in [1.54, 1.807) is 25.7 Å². The average molecular weight is 468 g/mol. The Morgan fingerprint density at radius 3 is 2.44 bits per heavy atom. The molecule has 2 aromatic rings. The molecule has 1 fully saturated rings. The van der Waals surface area contributed by atoms with Crippen LogP contribution in [0.15, 0.2) is 24.4 Å². The summed E-state index contributed by atoms with van der Waals surface area (Å²) in [6.07, 6.45) is 0.985. The minimum Gasteiger partial charge on any atom is -0.478 e. The first-order chi connectivity index (χ1) is 14.8. The zero-order chi connectivity index (χ0) is 23.8. The largest absolute Gasteiger partial charge is 0.478 e. The van der Waals surface area contributed by atoms with E-state index in [9.17, 15) is 23.5 Å². The number of carbonyl (C=O) groups excluding carboxylic acids is 1. The quantitative estimate of drug-likeness (QED) is 0.623. The van der Waals surface area contributed by atoms with Crippen molar-refractivity contribution < 1.29 is 28.2 Å². The van der Waals surface area contributed by atoms with Crippen LogP contribution in [0.2, 0.25) is 5.15 Å². The van der Waals surface area contributed by atoms with Crippen LogP contribution >= 0.6 is 11.6 Å². The number of rotatable bonds is 4. The predicted octanol–water partition coefficient (Wildman–Crippen LogP) is 4.87. The Morgan fingerprint density at radius 2 is 1.88 bits per heavy atom. The van der Waals surface area contributed by atoms with Crippen LogP contribution in [0.1, 0.15) is 44.5 Å². The highest BCUT2D eigenvalue weighted by atomic mass is 35.5. The Morgan fingerprint density at radius 1 is 1.25 bits per heavy atom. The van der Waals surface area contributed by atoms with Gasteiger partial charge in [0.2, 0.25) is 0 Å². The molecule has 3 rings (SSSR count). The number of anilines is 1. The van der Waals surface area contributed by atoms with Gasteiger partial charge in [-0.25, -0.2) is 23.4 Å². The minimum absolute atomic E-state index is 0.0619. The Balaban J connectivity index is 2.03. The van der Waals surface area contributed by atoms with Gasteiger partial charge in [0.1, 0.15) is 28.0 Å². The number of aromatic carboxylic acids is 1. The first-order valence-electron chi connectivity index (χ1n) is 9.92. The summed E-state index contributed by atoms with van der Waals surface area (Å²) in [7, 11) is 0. The fourth-order valence-corrected chi connectivity index (χ4v) is 3.97. The third-order valence-electron chi connectivity index (χ3n) is 4.98. The maximum absolute atomic E-state index is 13.9. The summed E-state index contributed by atoms with van der Waals surface area (Å²) in [5, 5.41) is 12.5. The van der Waals surface area contributed by atoms with E-state index in [1.165, 1.54) is 0 Å². The van der Waals surface area contributed by atoms with E-state index in [1.807, 2.05) is 6.92 Å². The number of nitrogens with zero attached hydrogens (tertiary/aromatic N) is 2. The van der Waals surface area contributed by atoms with Gasteiger partial charge < -0.3 is 20.1 Å². The third-order valence-corrected chi connectivity index (χ3v) is 5.27. The Kier molecular flexibility index (Phi) is 6.33. The van der Waals surface area contributed by atoms with Crippen molar-refractivity contribution in [2.45, 2.75) is 45.3 Å². The van der Waals surface area contributed by atoms with Crippen molar-refractivity contribution >= 4 is 29.4 Å². The second kappa shape index (κ2) is 8.54. The van der Waals surface area contributed by atoms with Gasteiger partial charge in [0.05, 0.1) is 11.2 Å². The summed E-state index contributed by atoms with van der Waals surface area (Å²) < 4.78 is 33.2. The van der Waals surface area contributed by atoms with Crippen LogP contribution in [-0.4, -0.2) is 46.4 Å². The third kappa shape index (κ3) is 5.27. The lowest BCUT2D eigenvalue weighted by molar-refractivity contribution is 0.0472. The lowest BCUT2D eigenvalue weighted by atomic mass is 10.0. The summed E-state index contributed by atoms with van der Waals surface area (Å²) in [4.78, 5) is 29.9. The van der Waals surface area contributed by atoms with Crippen LogP contribution in [0, 0.1) is 11.6 Å². The van der Waals surface area contributed by atoms with Crippen molar-refractivity contribution in [1.82, 2.24) is 10.3 Å². The fraction of sp³-hybridized carbons (Fsp3) is 0.409. The number of carboxylic acid groups (broad SMARTS) is 1. The van der Waals surface area contributed by atoms with Crippen molar-refractivity contribution in [2.24, 2.45) is 0 Å². The van der Waals surface area contributed by atoms with E-state index in [0.29, 0.717) is 19.0 Å². The number of benzene rings is 1. The lowest BCUT2D eigenvalue weighted by Gasteiger charge is -2.30. The molecule has 172 valence electrons. The van der Waals surface area contributed by atoms with Gasteiger partial charge in [-0.2, -0.15) is 0 Å². The number of carboxylic acids is 1. The number of ether oxygens (including phenoxy) is 1. The summed E-state index contributed by atoms with van der Waals surface area (Å²) in [5.74, 6) is -2.93. The van der Waals surface area contributed by atoms with Crippen LogP contribution in [0.5, 0.6) is 0 Å². The zero-order valence-corrected chi connectivity index (χ0v) is 18.9. The molecule has 0 spiro atoms. The highest BCUT2D eigenvalue weighted by Crippen LogP contribution is 2.41. The van der Waals surface area contributed by atoms with Crippen LogP contribution < -0.4 is 10.2 Å². The maximum Gasteiger partial charge on any atom is 0.408 e. The lowest BCUT2D eigenvalue weighted by Crippen LogP contribution is -2.49. The molecule has 0 bridgehead atoms. The van der Waals surface area contributed by atoms with Gasteiger partial charge in [0.15, 0.2) is 0 Å². The van der Waals surface area contributed by atoms with E-state index in [2.05, 4.69) is 10.3 Å². The standard InChI is InChI=1S/C22H24ClF2N3O4/c1-21(2,3)32-20(31)27-22(4)5-6-28(11-22)17-15(19(29)30)10-26-18(23)16(17)12-7-13(24)9-14(25)8-12/h7-10H,5-6,11H2,1-4H3,(H,27,31)(H,29,30)/t22-/m0/s1. The molecule has 1 aromatic heterocycles. The number of alkyl carbamates (subject to hydrolysis) is 1. The van der Waals surface area contributed by atoms with Crippen molar-refractivity contribution in [1.29, 1.82) is 0 Å². The normalized spacial score (nSPS) is 18.5. The molecular formula is C22H24ClF2N3O4. The van der Waals surface area contributed by atoms with Gasteiger partial charge in [0.25, 0.3) is 0 Å². The molecule has 2 N–H and O–H groups in total. The fourth-order valence-electron chi connectivity index (χ4n) is 3.72. The number of hydrogen-bond acceptors (Lipinski definition) is 5. The molecule has 10 heteroatoms. The number of aromatic nitrogens is 1. The van der Waals surface area contributed by atoms with Crippen LogP contribution in [0.3, 0.4) is 0 Å². The molecule has 0 radical (unpaired) electrons. The van der Waals surface area contributed by atoms with E-state index in [0.717, 1.165) is 18.3 Å². The molecular weight excluding hydrogens is 444 g/mol. The van der Waals surface area contributed by atoms with Crippen molar-refractivity contribution in [3.63, 3.8) is 0 Å². The van der Waals surface area contributed by atoms with Crippen molar-refractivity contribution in [3.05, 3.63) is 46.7 Å². The Labute approximate surface area is 189 Å². The monoisotopic (exact) mass is 467 g/mol. The molecule has 0 aliphatic carbocycles. The average Bonchev–Trinajstić information content (AvgIpc) is 2.99. The van der Waals surface area contributed by atoms with Gasteiger partial charge in [-0.05, 0) is 51.8 Å². The van der Waals surface area contributed by atoms with Crippen LogP contribution in [-0.2, 0) is 4.74 Å². The second-order valence-corrected chi connectivity index (χ2v) is 9.37.